The molecule has 1 aromatic heterocycles. The van der Waals surface area contributed by atoms with Crippen LogP contribution in [0.5, 0.6) is 0 Å². The number of ether oxygens (including phenoxy) is 1. The number of anilines is 1. The molecule has 0 aliphatic rings. The molecule has 2 rings (SSSR count). The average Bonchev–Trinajstić information content (AvgIpc) is 2.95. The molecule has 0 spiro atoms. The number of hydrogen-bond acceptors (Lipinski definition) is 6. The highest BCUT2D eigenvalue weighted by atomic mass is 19.2. The van der Waals surface area contributed by atoms with Crippen molar-refractivity contribution in [3.05, 3.63) is 51.7 Å². The quantitative estimate of drug-likeness (QED) is 0.501. The predicted molar refractivity (Wildman–Crippen MR) is 75.2 cm³/mol. The van der Waals surface area contributed by atoms with E-state index in [-0.39, 0.29) is 12.4 Å². The maximum absolute atomic E-state index is 13.3. The number of nitrogens with zero attached hydrogens (tertiary/aromatic N) is 3. The number of aromatic nitrogens is 2. The van der Waals surface area contributed by atoms with Crippen molar-refractivity contribution in [2.24, 2.45) is 0 Å². The van der Waals surface area contributed by atoms with E-state index in [1.165, 1.54) is 19.4 Å². The number of hydrogen-bond donors (Lipinski definition) is 1. The zero-order valence-corrected chi connectivity index (χ0v) is 12.2. The Hall–Kier alpha value is -3.37. The van der Waals surface area contributed by atoms with E-state index in [2.05, 4.69) is 15.2 Å². The van der Waals surface area contributed by atoms with E-state index in [1.54, 1.807) is 0 Å². The number of nitrogens with one attached hydrogen (secondary N) is 1. The second kappa shape index (κ2) is 6.81. The van der Waals surface area contributed by atoms with E-state index in [0.29, 0.717) is 12.1 Å². The van der Waals surface area contributed by atoms with Gasteiger partial charge in [0.25, 0.3) is 11.6 Å². The molecule has 1 aromatic carbocycles. The molecule has 0 saturated carbocycles. The number of carbonyl (C=O) groups excluding carboxylic acids is 2. The second-order valence-corrected chi connectivity index (χ2v) is 4.47. The van der Waals surface area contributed by atoms with Crippen LogP contribution in [0.2, 0.25) is 0 Å². The number of halogens is 2. The highest BCUT2D eigenvalue weighted by molar-refractivity contribution is 6.06. The van der Waals surface area contributed by atoms with Gasteiger partial charge in [-0.25, -0.2) is 8.78 Å². The number of carbonyl (C=O) groups is 2. The molecule has 0 aliphatic heterocycles. The van der Waals surface area contributed by atoms with E-state index in [4.69, 9.17) is 0 Å². The number of nitro benzene ring substituents is 1. The summed E-state index contributed by atoms with van der Waals surface area (Å²) in [6, 6.07) is 2.06. The van der Waals surface area contributed by atoms with Crippen LogP contribution < -0.4 is 5.32 Å². The van der Waals surface area contributed by atoms with Crippen LogP contribution in [-0.4, -0.2) is 33.7 Å². The van der Waals surface area contributed by atoms with Crippen LogP contribution in [-0.2, 0) is 16.1 Å². The molecular weight excluding hydrogens is 330 g/mol. The van der Waals surface area contributed by atoms with Crippen molar-refractivity contribution in [2.75, 3.05) is 12.4 Å². The minimum atomic E-state index is -1.44. The van der Waals surface area contributed by atoms with Crippen molar-refractivity contribution < 1.29 is 28.0 Å². The Balaban J connectivity index is 2.23. The zero-order chi connectivity index (χ0) is 17.9. The summed E-state index contributed by atoms with van der Waals surface area (Å²) in [7, 11) is 1.19. The van der Waals surface area contributed by atoms with Crippen LogP contribution in [0.15, 0.2) is 24.4 Å². The SMILES string of the molecule is COC(=O)Cn1ccc(NC(=O)c2cc(F)c(F)cc2[N+](=O)[O-])n1. The van der Waals surface area contributed by atoms with Gasteiger partial charge in [-0.2, -0.15) is 5.10 Å². The Labute approximate surface area is 133 Å². The predicted octanol–water partition coefficient (Wildman–Crippen LogP) is 1.49. The molecule has 0 fully saturated rings. The lowest BCUT2D eigenvalue weighted by atomic mass is 10.1. The molecule has 1 heterocycles. The van der Waals surface area contributed by atoms with Gasteiger partial charge in [-0.1, -0.05) is 0 Å². The molecule has 1 N–H and O–H groups in total. The number of benzene rings is 1. The van der Waals surface area contributed by atoms with E-state index < -0.39 is 39.7 Å². The summed E-state index contributed by atoms with van der Waals surface area (Å²) in [5.74, 6) is -4.51. The van der Waals surface area contributed by atoms with Crippen LogP contribution in [0, 0.1) is 21.7 Å². The van der Waals surface area contributed by atoms with Crippen LogP contribution >= 0.6 is 0 Å². The molecule has 2 aromatic rings. The van der Waals surface area contributed by atoms with Crippen molar-refractivity contribution in [3.63, 3.8) is 0 Å². The molecule has 0 aliphatic carbocycles. The molecule has 0 saturated heterocycles. The van der Waals surface area contributed by atoms with Gasteiger partial charge in [0, 0.05) is 12.3 Å². The molecule has 9 nitrogen and oxygen atoms in total. The van der Waals surface area contributed by atoms with Crippen molar-refractivity contribution >= 4 is 23.4 Å². The number of esters is 1. The fourth-order valence-corrected chi connectivity index (χ4v) is 1.77. The van der Waals surface area contributed by atoms with E-state index in [9.17, 15) is 28.5 Å². The minimum Gasteiger partial charge on any atom is -0.468 e. The summed E-state index contributed by atoms with van der Waals surface area (Å²) in [4.78, 5) is 33.0. The van der Waals surface area contributed by atoms with E-state index in [0.717, 1.165) is 4.68 Å². The fourth-order valence-electron chi connectivity index (χ4n) is 1.77. The molecule has 0 bridgehead atoms. The zero-order valence-electron chi connectivity index (χ0n) is 12.2. The Bertz CT molecular complexity index is 821. The first-order valence-corrected chi connectivity index (χ1v) is 6.37. The van der Waals surface area contributed by atoms with Crippen LogP contribution in [0.25, 0.3) is 0 Å². The Morgan fingerprint density at radius 3 is 2.67 bits per heavy atom. The van der Waals surface area contributed by atoms with Gasteiger partial charge in [-0.15, -0.1) is 0 Å². The summed E-state index contributed by atoms with van der Waals surface area (Å²) < 4.78 is 32.0. The maximum atomic E-state index is 13.3. The average molecular weight is 340 g/mol. The van der Waals surface area contributed by atoms with E-state index in [1.807, 2.05) is 0 Å². The molecule has 11 heteroatoms. The summed E-state index contributed by atoms with van der Waals surface area (Å²) in [5.41, 5.74) is -1.55. The first-order chi connectivity index (χ1) is 11.3. The van der Waals surface area contributed by atoms with Gasteiger partial charge in [0.15, 0.2) is 17.5 Å². The van der Waals surface area contributed by atoms with Gasteiger partial charge < -0.3 is 10.1 Å². The minimum absolute atomic E-state index is 0.0389. The van der Waals surface area contributed by atoms with Gasteiger partial charge in [0.2, 0.25) is 0 Å². The monoisotopic (exact) mass is 340 g/mol. The summed E-state index contributed by atoms with van der Waals surface area (Å²) >= 11 is 0. The molecule has 1 amide bonds. The summed E-state index contributed by atoms with van der Waals surface area (Å²) in [5, 5.41) is 16.9. The molecule has 24 heavy (non-hydrogen) atoms. The maximum Gasteiger partial charge on any atom is 0.327 e. The summed E-state index contributed by atoms with van der Waals surface area (Å²) in [6.07, 6.45) is 1.35. The third kappa shape index (κ3) is 3.69. The first-order valence-electron chi connectivity index (χ1n) is 6.37. The topological polar surface area (TPSA) is 116 Å². The number of amides is 1. The highest BCUT2D eigenvalue weighted by Crippen LogP contribution is 2.23. The molecule has 0 radical (unpaired) electrons. The largest absolute Gasteiger partial charge is 0.468 e. The number of rotatable bonds is 5. The lowest BCUT2D eigenvalue weighted by Gasteiger charge is -2.04. The second-order valence-electron chi connectivity index (χ2n) is 4.47. The van der Waals surface area contributed by atoms with Gasteiger partial charge in [-0.3, -0.25) is 24.4 Å². The Morgan fingerprint density at radius 1 is 1.38 bits per heavy atom. The van der Waals surface area contributed by atoms with E-state index >= 15 is 0 Å². The van der Waals surface area contributed by atoms with Crippen molar-refractivity contribution in [2.45, 2.75) is 6.54 Å². The normalized spacial score (nSPS) is 10.3. The van der Waals surface area contributed by atoms with Gasteiger partial charge in [0.1, 0.15) is 12.1 Å². The molecule has 0 atom stereocenters. The smallest absolute Gasteiger partial charge is 0.327 e. The highest BCUT2D eigenvalue weighted by Gasteiger charge is 2.24. The first kappa shape index (κ1) is 17.0. The van der Waals surface area contributed by atoms with Gasteiger partial charge >= 0.3 is 5.97 Å². The Morgan fingerprint density at radius 2 is 2.04 bits per heavy atom. The number of methoxy groups -OCH3 is 1. The van der Waals surface area contributed by atoms with Crippen LogP contribution in [0.1, 0.15) is 10.4 Å². The number of nitro groups is 1. The lowest BCUT2D eigenvalue weighted by molar-refractivity contribution is -0.385. The fraction of sp³-hybridized carbons (Fsp3) is 0.154. The van der Waals surface area contributed by atoms with Crippen molar-refractivity contribution in [1.82, 2.24) is 9.78 Å². The van der Waals surface area contributed by atoms with Gasteiger partial charge in [-0.05, 0) is 6.07 Å². The van der Waals surface area contributed by atoms with Crippen molar-refractivity contribution in [3.8, 4) is 0 Å². The third-order valence-electron chi connectivity index (χ3n) is 2.88. The van der Waals surface area contributed by atoms with Crippen molar-refractivity contribution in [1.29, 1.82) is 0 Å². The van der Waals surface area contributed by atoms with Crippen LogP contribution in [0.3, 0.4) is 0 Å². The molecule has 126 valence electrons. The van der Waals surface area contributed by atoms with Crippen LogP contribution in [0.4, 0.5) is 20.3 Å². The molecule has 0 unspecified atom stereocenters. The standard InChI is InChI=1S/C13H10F2N4O5/c1-24-12(20)6-18-3-2-11(17-18)16-13(21)7-4-8(14)9(15)5-10(7)19(22)23/h2-5H,6H2,1H3,(H,16,17,21). The van der Waals surface area contributed by atoms with Gasteiger partial charge in [0.05, 0.1) is 18.1 Å². The summed E-state index contributed by atoms with van der Waals surface area (Å²) in [6.45, 7) is -0.211. The Kier molecular flexibility index (Phi) is 4.82. The third-order valence-corrected chi connectivity index (χ3v) is 2.88. The molecular formula is C13H10F2N4O5. The lowest BCUT2D eigenvalue weighted by Crippen LogP contribution is -2.16.